The van der Waals surface area contributed by atoms with Crippen molar-refractivity contribution < 1.29 is 13.9 Å². The van der Waals surface area contributed by atoms with Crippen LogP contribution in [0, 0.1) is 5.82 Å². The molecule has 1 aliphatic rings. The van der Waals surface area contributed by atoms with Crippen LogP contribution in [0.3, 0.4) is 0 Å². The third-order valence-corrected chi connectivity index (χ3v) is 5.07. The number of ether oxygens (including phenoxy) is 1. The van der Waals surface area contributed by atoms with Crippen LogP contribution in [0.1, 0.15) is 37.7 Å². The summed E-state index contributed by atoms with van der Waals surface area (Å²) >= 11 is 0. The van der Waals surface area contributed by atoms with Crippen LogP contribution in [0.15, 0.2) is 48.5 Å². The Labute approximate surface area is 166 Å². The van der Waals surface area contributed by atoms with Gasteiger partial charge in [0.2, 0.25) is 0 Å². The number of hydrogen-bond acceptors (Lipinski definition) is 3. The van der Waals surface area contributed by atoms with Crippen molar-refractivity contribution in [2.75, 3.05) is 31.1 Å². The number of para-hydroxylation sites is 1. The van der Waals surface area contributed by atoms with Gasteiger partial charge in [-0.25, -0.2) is 4.39 Å². The average Bonchev–Trinajstić information content (AvgIpc) is 3.01. The van der Waals surface area contributed by atoms with E-state index in [2.05, 4.69) is 34.5 Å². The van der Waals surface area contributed by atoms with Gasteiger partial charge in [-0.2, -0.15) is 0 Å². The molecule has 1 amide bonds. The first-order valence-electron chi connectivity index (χ1n) is 10.2. The first-order chi connectivity index (χ1) is 13.7. The predicted octanol–water partition coefficient (Wildman–Crippen LogP) is 4.33. The summed E-state index contributed by atoms with van der Waals surface area (Å²) in [4.78, 5) is 14.3. The smallest absolute Gasteiger partial charge is 0.257 e. The second kappa shape index (κ2) is 10.7. The van der Waals surface area contributed by atoms with Crippen LogP contribution in [0.25, 0.3) is 0 Å². The van der Waals surface area contributed by atoms with Crippen molar-refractivity contribution in [2.45, 2.75) is 38.5 Å². The summed E-state index contributed by atoms with van der Waals surface area (Å²) in [7, 11) is 0. The Morgan fingerprint density at radius 1 is 1.00 bits per heavy atom. The van der Waals surface area contributed by atoms with Gasteiger partial charge in [-0.1, -0.05) is 37.1 Å². The van der Waals surface area contributed by atoms with Crippen molar-refractivity contribution in [3.05, 3.63) is 59.9 Å². The maximum atomic E-state index is 13.4. The molecule has 1 N–H and O–H groups in total. The number of anilines is 1. The molecule has 3 rings (SSSR count). The molecule has 1 saturated heterocycles. The number of carbonyl (C=O) groups is 1. The number of nitrogens with one attached hydrogen (secondary N) is 1. The first-order valence-corrected chi connectivity index (χ1v) is 10.2. The number of benzene rings is 2. The standard InChI is InChI=1S/C23H29FN2O2/c24-21-9-3-4-10-22(21)28-18-23(27)25-15-7-8-19-11-13-20(14-12-19)26-16-5-1-2-6-17-26/h3-4,9-14H,1-2,5-8,15-18H2,(H,25,27). The Morgan fingerprint density at radius 2 is 1.71 bits per heavy atom. The lowest BCUT2D eigenvalue weighted by Crippen LogP contribution is -2.30. The maximum Gasteiger partial charge on any atom is 0.257 e. The number of halogens is 1. The lowest BCUT2D eigenvalue weighted by atomic mass is 10.1. The Balaban J connectivity index is 1.34. The van der Waals surface area contributed by atoms with Crippen LogP contribution in [0.2, 0.25) is 0 Å². The second-order valence-electron chi connectivity index (χ2n) is 7.24. The zero-order valence-corrected chi connectivity index (χ0v) is 16.3. The molecule has 5 heteroatoms. The van der Waals surface area contributed by atoms with Crippen molar-refractivity contribution in [3.63, 3.8) is 0 Å². The molecule has 0 atom stereocenters. The number of amides is 1. The van der Waals surface area contributed by atoms with E-state index in [1.165, 1.54) is 49.1 Å². The molecule has 0 spiro atoms. The lowest BCUT2D eigenvalue weighted by Gasteiger charge is -2.22. The Hall–Kier alpha value is -2.56. The highest BCUT2D eigenvalue weighted by atomic mass is 19.1. The molecule has 0 aromatic heterocycles. The highest BCUT2D eigenvalue weighted by Crippen LogP contribution is 2.20. The molecule has 1 fully saturated rings. The van der Waals surface area contributed by atoms with Gasteiger partial charge in [0, 0.05) is 25.3 Å². The van der Waals surface area contributed by atoms with Gasteiger partial charge in [0.1, 0.15) is 0 Å². The monoisotopic (exact) mass is 384 g/mol. The van der Waals surface area contributed by atoms with E-state index in [4.69, 9.17) is 4.74 Å². The van der Waals surface area contributed by atoms with Gasteiger partial charge in [0.05, 0.1) is 0 Å². The van der Waals surface area contributed by atoms with E-state index in [-0.39, 0.29) is 18.3 Å². The SMILES string of the molecule is O=C(COc1ccccc1F)NCCCc1ccc(N2CCCCCC2)cc1. The van der Waals surface area contributed by atoms with Crippen molar-refractivity contribution in [1.29, 1.82) is 0 Å². The number of rotatable bonds is 8. The molecule has 0 bridgehead atoms. The second-order valence-corrected chi connectivity index (χ2v) is 7.24. The normalized spacial score (nSPS) is 14.4. The molecule has 1 heterocycles. The minimum atomic E-state index is -0.459. The molecule has 0 radical (unpaired) electrons. The number of aryl methyl sites for hydroxylation is 1. The van der Waals surface area contributed by atoms with Gasteiger partial charge in [-0.05, 0) is 55.5 Å². The van der Waals surface area contributed by atoms with Crippen LogP contribution < -0.4 is 15.0 Å². The summed E-state index contributed by atoms with van der Waals surface area (Å²) < 4.78 is 18.6. The van der Waals surface area contributed by atoms with Crippen molar-refractivity contribution >= 4 is 11.6 Å². The summed E-state index contributed by atoms with van der Waals surface area (Å²) in [6.45, 7) is 2.71. The number of hydrogen-bond donors (Lipinski definition) is 1. The highest BCUT2D eigenvalue weighted by Gasteiger charge is 2.10. The molecule has 4 nitrogen and oxygen atoms in total. The molecule has 28 heavy (non-hydrogen) atoms. The van der Waals surface area contributed by atoms with E-state index in [0.29, 0.717) is 6.54 Å². The molecule has 0 aliphatic carbocycles. The number of carbonyl (C=O) groups excluding carboxylic acids is 1. The summed E-state index contributed by atoms with van der Waals surface area (Å²) in [5, 5.41) is 2.82. The summed E-state index contributed by atoms with van der Waals surface area (Å²) in [5.74, 6) is -0.596. The topological polar surface area (TPSA) is 41.6 Å². The van der Waals surface area contributed by atoms with Gasteiger partial charge in [0.25, 0.3) is 5.91 Å². The Morgan fingerprint density at radius 3 is 2.43 bits per heavy atom. The molecular weight excluding hydrogens is 355 g/mol. The van der Waals surface area contributed by atoms with Crippen LogP contribution in [-0.4, -0.2) is 32.1 Å². The summed E-state index contributed by atoms with van der Waals surface area (Å²) in [6, 6.07) is 14.9. The van der Waals surface area contributed by atoms with Crippen LogP contribution in [0.4, 0.5) is 10.1 Å². The summed E-state index contributed by atoms with van der Waals surface area (Å²) in [6.07, 6.45) is 7.00. The number of nitrogens with zero attached hydrogens (tertiary/aromatic N) is 1. The Kier molecular flexibility index (Phi) is 7.71. The van der Waals surface area contributed by atoms with Crippen LogP contribution in [-0.2, 0) is 11.2 Å². The minimum absolute atomic E-state index is 0.0992. The molecule has 2 aromatic carbocycles. The van der Waals surface area contributed by atoms with E-state index in [0.717, 1.165) is 25.9 Å². The lowest BCUT2D eigenvalue weighted by molar-refractivity contribution is -0.123. The quantitative estimate of drug-likeness (QED) is 0.689. The zero-order valence-electron chi connectivity index (χ0n) is 16.3. The molecule has 150 valence electrons. The first kappa shape index (κ1) is 20.2. The largest absolute Gasteiger partial charge is 0.481 e. The van der Waals surface area contributed by atoms with E-state index in [1.54, 1.807) is 12.1 Å². The molecule has 2 aromatic rings. The van der Waals surface area contributed by atoms with Gasteiger partial charge in [-0.3, -0.25) is 4.79 Å². The van der Waals surface area contributed by atoms with E-state index in [1.807, 2.05) is 0 Å². The van der Waals surface area contributed by atoms with E-state index < -0.39 is 5.82 Å². The van der Waals surface area contributed by atoms with E-state index >= 15 is 0 Å². The molecule has 0 unspecified atom stereocenters. The summed E-state index contributed by atoms with van der Waals surface area (Å²) in [5.41, 5.74) is 2.58. The fourth-order valence-electron chi connectivity index (χ4n) is 3.48. The highest BCUT2D eigenvalue weighted by molar-refractivity contribution is 5.77. The fourth-order valence-corrected chi connectivity index (χ4v) is 3.48. The van der Waals surface area contributed by atoms with Crippen molar-refractivity contribution in [3.8, 4) is 5.75 Å². The van der Waals surface area contributed by atoms with Gasteiger partial charge < -0.3 is 15.0 Å². The third-order valence-electron chi connectivity index (χ3n) is 5.07. The Bertz CT molecular complexity index is 741. The van der Waals surface area contributed by atoms with Gasteiger partial charge in [-0.15, -0.1) is 0 Å². The van der Waals surface area contributed by atoms with Crippen LogP contribution in [0.5, 0.6) is 5.75 Å². The molecular formula is C23H29FN2O2. The van der Waals surface area contributed by atoms with Crippen LogP contribution >= 0.6 is 0 Å². The van der Waals surface area contributed by atoms with Gasteiger partial charge in [0.15, 0.2) is 18.2 Å². The average molecular weight is 384 g/mol. The predicted molar refractivity (Wildman–Crippen MR) is 110 cm³/mol. The van der Waals surface area contributed by atoms with Crippen molar-refractivity contribution in [2.24, 2.45) is 0 Å². The molecule has 0 saturated carbocycles. The van der Waals surface area contributed by atoms with E-state index in [9.17, 15) is 9.18 Å². The van der Waals surface area contributed by atoms with Crippen molar-refractivity contribution in [1.82, 2.24) is 5.32 Å². The minimum Gasteiger partial charge on any atom is -0.481 e. The van der Waals surface area contributed by atoms with Gasteiger partial charge >= 0.3 is 0 Å². The molecule has 1 aliphatic heterocycles. The fraction of sp³-hybridized carbons (Fsp3) is 0.435. The zero-order chi connectivity index (χ0) is 19.6. The maximum absolute atomic E-state index is 13.4. The third kappa shape index (κ3) is 6.25.